The maximum Gasteiger partial charge on any atom is 0.130 e. The maximum absolute atomic E-state index is 4.07. The Hall–Kier alpha value is -0.920. The van der Waals surface area contributed by atoms with E-state index in [0.29, 0.717) is 5.92 Å². The number of nitrogens with zero attached hydrogens (tertiary/aromatic N) is 2. The van der Waals surface area contributed by atoms with Crippen molar-refractivity contribution in [2.45, 2.75) is 19.8 Å². The summed E-state index contributed by atoms with van der Waals surface area (Å²) in [7, 11) is 0. The third kappa shape index (κ3) is 1.49. The molecule has 0 atom stereocenters. The predicted molar refractivity (Wildman–Crippen MR) is 36.1 cm³/mol. The van der Waals surface area contributed by atoms with E-state index in [9.17, 15) is 0 Å². The number of hydrogen-bond donors (Lipinski definition) is 0. The maximum atomic E-state index is 4.07. The van der Waals surface area contributed by atoms with Gasteiger partial charge in [0, 0.05) is 18.3 Å². The average Bonchev–Trinajstić information content (AvgIpc) is 1.90. The van der Waals surface area contributed by atoms with Crippen molar-refractivity contribution < 1.29 is 0 Å². The van der Waals surface area contributed by atoms with Gasteiger partial charge < -0.3 is 0 Å². The van der Waals surface area contributed by atoms with Gasteiger partial charge in [-0.25, -0.2) is 9.97 Å². The first-order valence-corrected chi connectivity index (χ1v) is 3.07. The molecule has 2 nitrogen and oxygen atoms in total. The van der Waals surface area contributed by atoms with Crippen LogP contribution < -0.4 is 0 Å². The van der Waals surface area contributed by atoms with E-state index in [1.807, 2.05) is 6.07 Å². The van der Waals surface area contributed by atoms with Gasteiger partial charge in [-0.15, -0.1) is 0 Å². The lowest BCUT2D eigenvalue weighted by Crippen LogP contribution is -1.93. The molecule has 1 aromatic rings. The molecule has 0 radical (unpaired) electrons. The van der Waals surface area contributed by atoms with Crippen molar-refractivity contribution in [3.05, 3.63) is 24.3 Å². The topological polar surface area (TPSA) is 25.8 Å². The summed E-state index contributed by atoms with van der Waals surface area (Å²) in [5.41, 5.74) is 0. The Balaban J connectivity index is 2.85. The first-order chi connectivity index (χ1) is 4.30. The van der Waals surface area contributed by atoms with E-state index in [0.717, 1.165) is 5.82 Å². The molecule has 0 amide bonds. The molecule has 1 heterocycles. The summed E-state index contributed by atoms with van der Waals surface area (Å²) in [6, 6.07) is 1.83. The lowest BCUT2D eigenvalue weighted by Gasteiger charge is -1.98. The molecule has 0 saturated carbocycles. The van der Waals surface area contributed by atoms with E-state index in [-0.39, 0.29) is 0 Å². The molecule has 0 fully saturated rings. The standard InChI is InChI=1S/C7H10N2/c1-6(2)7-8-4-3-5-9-7/h3-6H,1-2H3. The van der Waals surface area contributed by atoms with Crippen LogP contribution in [-0.4, -0.2) is 9.97 Å². The molecule has 0 aliphatic heterocycles. The van der Waals surface area contributed by atoms with Crippen molar-refractivity contribution in [3.8, 4) is 0 Å². The number of aromatic nitrogens is 2. The summed E-state index contributed by atoms with van der Waals surface area (Å²) in [5, 5.41) is 0. The van der Waals surface area contributed by atoms with Crippen molar-refractivity contribution >= 4 is 0 Å². The molecule has 0 bridgehead atoms. The lowest BCUT2D eigenvalue weighted by molar-refractivity contribution is 0.774. The Bertz CT molecular complexity index is 170. The van der Waals surface area contributed by atoms with Crippen LogP contribution in [0.4, 0.5) is 0 Å². The zero-order chi connectivity index (χ0) is 6.69. The molecule has 9 heavy (non-hydrogen) atoms. The quantitative estimate of drug-likeness (QED) is 0.565. The summed E-state index contributed by atoms with van der Waals surface area (Å²) >= 11 is 0. The van der Waals surface area contributed by atoms with Crippen LogP contribution in [0.1, 0.15) is 25.6 Å². The number of hydrogen-bond acceptors (Lipinski definition) is 2. The monoisotopic (exact) mass is 122 g/mol. The van der Waals surface area contributed by atoms with Gasteiger partial charge in [-0.05, 0) is 6.07 Å². The SMILES string of the molecule is CC(C)c1ncccn1. The highest BCUT2D eigenvalue weighted by Gasteiger charge is 1.97. The Kier molecular flexibility index (Phi) is 1.78. The molecule has 1 rings (SSSR count). The summed E-state index contributed by atoms with van der Waals surface area (Å²) in [6.45, 7) is 4.16. The minimum Gasteiger partial charge on any atom is -0.241 e. The second-order valence-electron chi connectivity index (χ2n) is 2.26. The predicted octanol–water partition coefficient (Wildman–Crippen LogP) is 1.60. The first-order valence-electron chi connectivity index (χ1n) is 3.07. The lowest BCUT2D eigenvalue weighted by atomic mass is 10.2. The van der Waals surface area contributed by atoms with Crippen LogP contribution in [0.5, 0.6) is 0 Å². The highest BCUT2D eigenvalue weighted by Crippen LogP contribution is 2.04. The van der Waals surface area contributed by atoms with E-state index in [1.165, 1.54) is 0 Å². The molecule has 1 aromatic heterocycles. The fraction of sp³-hybridized carbons (Fsp3) is 0.429. The van der Waals surface area contributed by atoms with Gasteiger partial charge in [-0.3, -0.25) is 0 Å². The van der Waals surface area contributed by atoms with E-state index in [4.69, 9.17) is 0 Å². The molecule has 0 aliphatic carbocycles. The van der Waals surface area contributed by atoms with E-state index in [1.54, 1.807) is 12.4 Å². The molecule has 0 saturated heterocycles. The summed E-state index contributed by atoms with van der Waals surface area (Å²) < 4.78 is 0. The summed E-state index contributed by atoms with van der Waals surface area (Å²) in [6.07, 6.45) is 3.53. The van der Waals surface area contributed by atoms with Gasteiger partial charge in [-0.1, -0.05) is 13.8 Å². The molecule has 0 N–H and O–H groups in total. The van der Waals surface area contributed by atoms with Crippen LogP contribution in [0.25, 0.3) is 0 Å². The fourth-order valence-electron chi connectivity index (χ4n) is 0.609. The van der Waals surface area contributed by atoms with Crippen LogP contribution in [0.2, 0.25) is 0 Å². The highest BCUT2D eigenvalue weighted by atomic mass is 14.9. The molecule has 0 spiro atoms. The van der Waals surface area contributed by atoms with Gasteiger partial charge in [0.25, 0.3) is 0 Å². The van der Waals surface area contributed by atoms with E-state index < -0.39 is 0 Å². The van der Waals surface area contributed by atoms with Crippen molar-refractivity contribution in [3.63, 3.8) is 0 Å². The zero-order valence-corrected chi connectivity index (χ0v) is 5.70. The van der Waals surface area contributed by atoms with Gasteiger partial charge in [0.1, 0.15) is 5.82 Å². The van der Waals surface area contributed by atoms with Crippen LogP contribution in [0.3, 0.4) is 0 Å². The van der Waals surface area contributed by atoms with Crippen molar-refractivity contribution in [2.24, 2.45) is 0 Å². The molecule has 0 unspecified atom stereocenters. The van der Waals surface area contributed by atoms with Crippen LogP contribution >= 0.6 is 0 Å². The second-order valence-corrected chi connectivity index (χ2v) is 2.26. The Morgan fingerprint density at radius 3 is 2.11 bits per heavy atom. The van der Waals surface area contributed by atoms with Crippen LogP contribution in [0, 0.1) is 0 Å². The third-order valence-corrected chi connectivity index (χ3v) is 1.10. The second kappa shape index (κ2) is 2.58. The van der Waals surface area contributed by atoms with Crippen LogP contribution in [-0.2, 0) is 0 Å². The minimum atomic E-state index is 0.436. The Morgan fingerprint density at radius 2 is 1.78 bits per heavy atom. The van der Waals surface area contributed by atoms with E-state index in [2.05, 4.69) is 23.8 Å². The largest absolute Gasteiger partial charge is 0.241 e. The van der Waals surface area contributed by atoms with Crippen molar-refractivity contribution in [1.82, 2.24) is 9.97 Å². The first kappa shape index (κ1) is 6.20. The molecule has 0 aliphatic rings. The third-order valence-electron chi connectivity index (χ3n) is 1.10. The normalized spacial score (nSPS) is 10.1. The molecular weight excluding hydrogens is 112 g/mol. The summed E-state index contributed by atoms with van der Waals surface area (Å²) in [5.74, 6) is 1.35. The number of rotatable bonds is 1. The average molecular weight is 122 g/mol. The van der Waals surface area contributed by atoms with Gasteiger partial charge in [-0.2, -0.15) is 0 Å². The molecule has 0 aromatic carbocycles. The van der Waals surface area contributed by atoms with Gasteiger partial charge in [0.15, 0.2) is 0 Å². The molecule has 48 valence electrons. The zero-order valence-electron chi connectivity index (χ0n) is 5.70. The van der Waals surface area contributed by atoms with Gasteiger partial charge in [0.05, 0.1) is 0 Å². The van der Waals surface area contributed by atoms with Crippen LogP contribution in [0.15, 0.2) is 18.5 Å². The Morgan fingerprint density at radius 1 is 1.22 bits per heavy atom. The fourth-order valence-corrected chi connectivity index (χ4v) is 0.609. The minimum absolute atomic E-state index is 0.436. The highest BCUT2D eigenvalue weighted by molar-refractivity contribution is 4.92. The molecule has 2 heteroatoms. The van der Waals surface area contributed by atoms with Gasteiger partial charge in [0.2, 0.25) is 0 Å². The Labute approximate surface area is 55.0 Å². The smallest absolute Gasteiger partial charge is 0.130 e. The van der Waals surface area contributed by atoms with Crippen molar-refractivity contribution in [1.29, 1.82) is 0 Å². The molecular formula is C7H10N2. The van der Waals surface area contributed by atoms with E-state index >= 15 is 0 Å². The van der Waals surface area contributed by atoms with Crippen molar-refractivity contribution in [2.75, 3.05) is 0 Å². The summed E-state index contributed by atoms with van der Waals surface area (Å²) in [4.78, 5) is 8.13. The van der Waals surface area contributed by atoms with Gasteiger partial charge >= 0.3 is 0 Å².